The fourth-order valence-corrected chi connectivity index (χ4v) is 3.96. The van der Waals surface area contributed by atoms with Gasteiger partial charge in [-0.1, -0.05) is 35.6 Å². The number of aromatic nitrogens is 3. The third-order valence-electron chi connectivity index (χ3n) is 4.30. The van der Waals surface area contributed by atoms with E-state index in [0.29, 0.717) is 15.7 Å². The van der Waals surface area contributed by atoms with Gasteiger partial charge in [0.15, 0.2) is 4.80 Å². The van der Waals surface area contributed by atoms with Crippen molar-refractivity contribution in [2.45, 2.75) is 13.5 Å². The summed E-state index contributed by atoms with van der Waals surface area (Å²) < 4.78 is 4.24. The molecule has 0 fully saturated rings. The van der Waals surface area contributed by atoms with Gasteiger partial charge in [0, 0.05) is 7.05 Å². The Hall–Kier alpha value is -3.06. The zero-order valence-electron chi connectivity index (χ0n) is 14.3. The Morgan fingerprint density at radius 3 is 2.81 bits per heavy atom. The monoisotopic (exact) mass is 364 g/mol. The van der Waals surface area contributed by atoms with Crippen LogP contribution in [0.4, 0.5) is 0 Å². The highest BCUT2D eigenvalue weighted by molar-refractivity contribution is 7.16. The van der Waals surface area contributed by atoms with Crippen LogP contribution in [0.2, 0.25) is 0 Å². The summed E-state index contributed by atoms with van der Waals surface area (Å²) in [6, 6.07) is 13.3. The largest absolute Gasteiger partial charge is 0.319 e. The third kappa shape index (κ3) is 2.76. The Labute approximate surface area is 152 Å². The summed E-state index contributed by atoms with van der Waals surface area (Å²) in [5.41, 5.74) is 2.38. The molecule has 0 N–H and O–H groups in total. The summed E-state index contributed by atoms with van der Waals surface area (Å²) in [6.07, 6.45) is 1.41. The van der Waals surface area contributed by atoms with Crippen LogP contribution in [-0.2, 0) is 18.4 Å². The lowest BCUT2D eigenvalue weighted by atomic mass is 10.1. The molecule has 0 spiro atoms. The molecular weight excluding hydrogens is 348 g/mol. The second kappa shape index (κ2) is 6.34. The van der Waals surface area contributed by atoms with E-state index in [2.05, 4.69) is 9.98 Å². The molecule has 2 aromatic carbocycles. The molecule has 7 heteroatoms. The number of amides is 1. The SMILES string of the molecule is Cc1cccc2c(=O)n(CC(=O)N=c3sc4ccccc4n3C)cnc12. The Bertz CT molecular complexity index is 1280. The molecule has 6 nitrogen and oxygen atoms in total. The number of hydrogen-bond acceptors (Lipinski definition) is 4. The zero-order valence-corrected chi connectivity index (χ0v) is 15.2. The molecule has 2 aromatic heterocycles. The Balaban J connectivity index is 1.72. The van der Waals surface area contributed by atoms with Crippen molar-refractivity contribution in [3.8, 4) is 0 Å². The first kappa shape index (κ1) is 16.4. The predicted octanol–water partition coefficient (Wildman–Crippen LogP) is 2.39. The van der Waals surface area contributed by atoms with E-state index >= 15 is 0 Å². The number of carbonyl (C=O) groups is 1. The van der Waals surface area contributed by atoms with Crippen LogP contribution >= 0.6 is 11.3 Å². The van der Waals surface area contributed by atoms with Crippen LogP contribution in [0.25, 0.3) is 21.1 Å². The fourth-order valence-electron chi connectivity index (χ4n) is 2.93. The smallest absolute Gasteiger partial charge is 0.268 e. The van der Waals surface area contributed by atoms with Gasteiger partial charge in [-0.25, -0.2) is 4.98 Å². The van der Waals surface area contributed by atoms with Crippen LogP contribution in [-0.4, -0.2) is 20.0 Å². The molecule has 1 amide bonds. The molecule has 0 bridgehead atoms. The van der Waals surface area contributed by atoms with Crippen molar-refractivity contribution in [2.24, 2.45) is 12.0 Å². The molecule has 0 unspecified atom stereocenters. The summed E-state index contributed by atoms with van der Waals surface area (Å²) in [7, 11) is 1.87. The third-order valence-corrected chi connectivity index (χ3v) is 5.41. The molecule has 0 aliphatic carbocycles. The number of fused-ring (bicyclic) bond motifs is 2. The summed E-state index contributed by atoms with van der Waals surface area (Å²) in [5, 5.41) is 0.507. The van der Waals surface area contributed by atoms with Gasteiger partial charge in [-0.3, -0.25) is 14.2 Å². The van der Waals surface area contributed by atoms with E-state index < -0.39 is 0 Å². The van der Waals surface area contributed by atoms with Gasteiger partial charge in [-0.05, 0) is 30.7 Å². The number of benzene rings is 2. The van der Waals surface area contributed by atoms with Gasteiger partial charge in [0.1, 0.15) is 6.54 Å². The van der Waals surface area contributed by atoms with E-state index in [1.807, 2.05) is 54.9 Å². The highest BCUT2D eigenvalue weighted by atomic mass is 32.1. The maximum atomic E-state index is 12.6. The average molecular weight is 364 g/mol. The molecule has 0 aliphatic heterocycles. The van der Waals surface area contributed by atoms with Crippen LogP contribution in [0.15, 0.2) is 58.6 Å². The zero-order chi connectivity index (χ0) is 18.3. The minimum atomic E-state index is -0.386. The van der Waals surface area contributed by atoms with E-state index in [0.717, 1.165) is 15.8 Å². The average Bonchev–Trinajstić information content (AvgIpc) is 2.94. The van der Waals surface area contributed by atoms with Crippen LogP contribution in [0.1, 0.15) is 5.56 Å². The van der Waals surface area contributed by atoms with Crippen molar-refractivity contribution in [2.75, 3.05) is 0 Å². The molecule has 2 heterocycles. The van der Waals surface area contributed by atoms with Crippen molar-refractivity contribution in [1.29, 1.82) is 0 Å². The topological polar surface area (TPSA) is 69.2 Å². The summed E-state index contributed by atoms with van der Waals surface area (Å²) >= 11 is 1.44. The molecular formula is C19H16N4O2S. The first-order valence-electron chi connectivity index (χ1n) is 8.11. The van der Waals surface area contributed by atoms with E-state index in [1.165, 1.54) is 22.2 Å². The quantitative estimate of drug-likeness (QED) is 0.548. The molecule has 0 atom stereocenters. The maximum absolute atomic E-state index is 12.6. The minimum Gasteiger partial charge on any atom is -0.319 e. The lowest BCUT2D eigenvalue weighted by Gasteiger charge is -2.05. The van der Waals surface area contributed by atoms with E-state index in [9.17, 15) is 9.59 Å². The maximum Gasteiger partial charge on any atom is 0.268 e. The number of thiazole rings is 1. The van der Waals surface area contributed by atoms with Crippen molar-refractivity contribution in [3.63, 3.8) is 0 Å². The summed E-state index contributed by atoms with van der Waals surface area (Å²) in [4.78, 5) is 34.1. The van der Waals surface area contributed by atoms with Gasteiger partial charge in [0.05, 0.1) is 27.4 Å². The molecule has 0 saturated heterocycles. The highest BCUT2D eigenvalue weighted by Crippen LogP contribution is 2.15. The summed E-state index contributed by atoms with van der Waals surface area (Å²) in [5.74, 6) is -0.386. The minimum absolute atomic E-state index is 0.135. The van der Waals surface area contributed by atoms with Crippen molar-refractivity contribution in [1.82, 2.24) is 14.1 Å². The lowest BCUT2D eigenvalue weighted by molar-refractivity contribution is -0.118. The first-order valence-corrected chi connectivity index (χ1v) is 8.93. The van der Waals surface area contributed by atoms with E-state index in [-0.39, 0.29) is 18.0 Å². The number of rotatable bonds is 2. The summed E-state index contributed by atoms with van der Waals surface area (Å²) in [6.45, 7) is 1.77. The fraction of sp³-hybridized carbons (Fsp3) is 0.158. The molecule has 0 radical (unpaired) electrons. The molecule has 0 saturated carbocycles. The molecule has 26 heavy (non-hydrogen) atoms. The Morgan fingerprint density at radius 2 is 2.00 bits per heavy atom. The standard InChI is InChI=1S/C19H16N4O2S/c1-12-6-5-7-13-17(12)20-11-23(18(13)25)10-16(24)21-19-22(2)14-8-3-4-9-15(14)26-19/h3-9,11H,10H2,1-2H3. The van der Waals surface area contributed by atoms with Crippen LogP contribution < -0.4 is 10.4 Å². The van der Waals surface area contributed by atoms with Crippen LogP contribution in [0.5, 0.6) is 0 Å². The molecule has 0 aliphatic rings. The number of carbonyl (C=O) groups excluding carboxylic acids is 1. The molecule has 4 aromatic rings. The lowest BCUT2D eigenvalue weighted by Crippen LogP contribution is -2.25. The second-order valence-electron chi connectivity index (χ2n) is 6.07. The van der Waals surface area contributed by atoms with Crippen molar-refractivity contribution >= 4 is 38.4 Å². The van der Waals surface area contributed by atoms with Crippen LogP contribution in [0.3, 0.4) is 0 Å². The number of para-hydroxylation sites is 2. The van der Waals surface area contributed by atoms with Gasteiger partial charge in [-0.2, -0.15) is 4.99 Å². The molecule has 130 valence electrons. The number of hydrogen-bond donors (Lipinski definition) is 0. The van der Waals surface area contributed by atoms with Gasteiger partial charge >= 0.3 is 0 Å². The van der Waals surface area contributed by atoms with Gasteiger partial charge in [0.25, 0.3) is 11.5 Å². The second-order valence-corrected chi connectivity index (χ2v) is 7.07. The normalized spacial score (nSPS) is 12.2. The predicted molar refractivity (Wildman–Crippen MR) is 102 cm³/mol. The van der Waals surface area contributed by atoms with E-state index in [1.54, 1.807) is 6.07 Å². The van der Waals surface area contributed by atoms with Crippen molar-refractivity contribution < 1.29 is 4.79 Å². The van der Waals surface area contributed by atoms with Gasteiger partial charge < -0.3 is 4.57 Å². The number of aryl methyl sites for hydroxylation is 2. The Kier molecular flexibility index (Phi) is 4.00. The van der Waals surface area contributed by atoms with E-state index in [4.69, 9.17) is 0 Å². The van der Waals surface area contributed by atoms with Crippen molar-refractivity contribution in [3.05, 3.63) is 69.5 Å². The van der Waals surface area contributed by atoms with Gasteiger partial charge in [0.2, 0.25) is 0 Å². The van der Waals surface area contributed by atoms with Gasteiger partial charge in [-0.15, -0.1) is 0 Å². The van der Waals surface area contributed by atoms with Crippen LogP contribution in [0, 0.1) is 6.92 Å². The Morgan fingerprint density at radius 1 is 1.19 bits per heavy atom. The first-order chi connectivity index (χ1) is 12.5. The number of nitrogens with zero attached hydrogens (tertiary/aromatic N) is 4. The highest BCUT2D eigenvalue weighted by Gasteiger charge is 2.10. The molecule has 4 rings (SSSR count).